The molecule has 0 spiro atoms. The number of nitrogens with two attached hydrogens (primary N) is 1. The normalized spacial score (nSPS) is 16.6. The van der Waals surface area contributed by atoms with E-state index in [1.807, 2.05) is 32.3 Å². The van der Waals surface area contributed by atoms with Crippen molar-refractivity contribution in [2.75, 3.05) is 33.1 Å². The second-order valence-corrected chi connectivity index (χ2v) is 9.39. The smallest absolute Gasteiger partial charge is 0.201 e. The molecule has 32 heavy (non-hydrogen) atoms. The van der Waals surface area contributed by atoms with E-state index in [1.165, 1.54) is 29.5 Å². The average Bonchev–Trinajstić information content (AvgIpc) is 3.38. The van der Waals surface area contributed by atoms with Crippen LogP contribution >= 0.6 is 35.3 Å². The van der Waals surface area contributed by atoms with Gasteiger partial charge < -0.3 is 16.0 Å². The van der Waals surface area contributed by atoms with Gasteiger partial charge in [-0.15, -0.1) is 18.3 Å². The number of amidine groups is 2. The fraction of sp³-hybridized carbons (Fsp3) is 0.522. The van der Waals surface area contributed by atoms with Crippen molar-refractivity contribution in [1.82, 2.24) is 10.2 Å². The van der Waals surface area contributed by atoms with Crippen molar-refractivity contribution in [2.45, 2.75) is 46.5 Å². The van der Waals surface area contributed by atoms with Crippen LogP contribution in [0.1, 0.15) is 46.5 Å². The number of aliphatic imine (C=N–C) groups is 3. The minimum absolute atomic E-state index is 0.543. The van der Waals surface area contributed by atoms with Crippen LogP contribution in [0, 0.1) is 0 Å². The van der Waals surface area contributed by atoms with Crippen molar-refractivity contribution in [2.24, 2.45) is 20.7 Å². The van der Waals surface area contributed by atoms with Crippen molar-refractivity contribution in [3.05, 3.63) is 46.6 Å². The largest absolute Gasteiger partial charge is 0.379 e. The van der Waals surface area contributed by atoms with Crippen LogP contribution in [0.3, 0.4) is 0 Å². The van der Waals surface area contributed by atoms with Crippen LogP contribution in [-0.4, -0.2) is 54.3 Å². The number of allylic oxidation sites excluding steroid dienone is 5. The highest BCUT2D eigenvalue weighted by Crippen LogP contribution is 2.14. The summed E-state index contributed by atoms with van der Waals surface area (Å²) in [5, 5.41) is 9.05. The molecule has 2 aliphatic heterocycles. The predicted octanol–water partition coefficient (Wildman–Crippen LogP) is 6.04. The fourth-order valence-electron chi connectivity index (χ4n) is 2.25. The summed E-state index contributed by atoms with van der Waals surface area (Å²) in [5.74, 6) is 0.990. The predicted molar refractivity (Wildman–Crippen MR) is 153 cm³/mol. The standard InChI is InChI=1S/C13H20N4S.C7H12S.C3H8N2S/c1-2-3-4-7-10-18-13-15-11-14-12(16-13)17-8-5-6-9-17;1-4-6-8-7(3)5-2;1-5-3(4)6-2/h2,7,10H,1,3-6,8-9,11H2,(H,14,15,16);4-6H,1-3H3;1-2H3,(H2,4,5)/b10-7+;6-4-,7-5-;. The van der Waals surface area contributed by atoms with Crippen molar-refractivity contribution < 1.29 is 0 Å². The van der Waals surface area contributed by atoms with Crippen molar-refractivity contribution in [3.63, 3.8) is 0 Å². The molecule has 180 valence electrons. The molecule has 0 bridgehead atoms. The summed E-state index contributed by atoms with van der Waals surface area (Å²) in [6.45, 7) is 12.6. The van der Waals surface area contributed by atoms with E-state index in [2.05, 4.69) is 61.7 Å². The number of rotatable bonds is 6. The third-order valence-corrected chi connectivity index (χ3v) is 6.50. The van der Waals surface area contributed by atoms with E-state index in [0.29, 0.717) is 11.8 Å². The zero-order valence-corrected chi connectivity index (χ0v) is 22.7. The average molecular weight is 497 g/mol. The van der Waals surface area contributed by atoms with Crippen molar-refractivity contribution in [3.8, 4) is 0 Å². The molecule has 0 atom stereocenters. The Morgan fingerprint density at radius 1 is 1.22 bits per heavy atom. The maximum absolute atomic E-state index is 5.19. The van der Waals surface area contributed by atoms with Gasteiger partial charge in [0.05, 0.1) is 0 Å². The Balaban J connectivity index is 0.000000571. The number of thioether (sulfide) groups is 3. The first-order valence-electron chi connectivity index (χ1n) is 10.7. The van der Waals surface area contributed by atoms with Crippen molar-refractivity contribution >= 4 is 51.6 Å². The Bertz CT molecular complexity index is 690. The van der Waals surface area contributed by atoms with Crippen LogP contribution in [0.15, 0.2) is 61.6 Å². The minimum atomic E-state index is 0.543. The Kier molecular flexibility index (Phi) is 20.2. The summed E-state index contributed by atoms with van der Waals surface area (Å²) in [6, 6.07) is 0. The maximum atomic E-state index is 5.19. The highest BCUT2D eigenvalue weighted by Gasteiger charge is 2.18. The van der Waals surface area contributed by atoms with Gasteiger partial charge >= 0.3 is 0 Å². The number of likely N-dealkylation sites (tertiary alicyclic amines) is 1. The summed E-state index contributed by atoms with van der Waals surface area (Å²) >= 11 is 4.84. The number of unbranched alkanes of at least 4 members (excludes halogenated alkanes) is 1. The molecule has 0 unspecified atom stereocenters. The molecule has 0 aromatic heterocycles. The first-order chi connectivity index (χ1) is 15.5. The monoisotopic (exact) mass is 496 g/mol. The first-order valence-corrected chi connectivity index (χ1v) is 13.7. The molecule has 0 radical (unpaired) electrons. The molecule has 0 amide bonds. The molecular formula is C23H40N6S3. The van der Waals surface area contributed by atoms with Gasteiger partial charge in [0.15, 0.2) is 10.3 Å². The zero-order chi connectivity index (χ0) is 24.0. The van der Waals surface area contributed by atoms with Gasteiger partial charge in [0.1, 0.15) is 6.67 Å². The second kappa shape index (κ2) is 21.3. The molecule has 0 saturated carbocycles. The molecule has 2 aliphatic rings. The lowest BCUT2D eigenvalue weighted by atomic mass is 10.3. The van der Waals surface area contributed by atoms with Gasteiger partial charge in [-0.25, -0.2) is 9.98 Å². The second-order valence-electron chi connectivity index (χ2n) is 6.51. The Hall–Kier alpha value is -1.58. The van der Waals surface area contributed by atoms with Gasteiger partial charge in [-0.05, 0) is 68.4 Å². The maximum Gasteiger partial charge on any atom is 0.201 e. The lowest BCUT2D eigenvalue weighted by Crippen LogP contribution is -2.43. The summed E-state index contributed by atoms with van der Waals surface area (Å²) in [4.78, 5) is 16.1. The lowest BCUT2D eigenvalue weighted by Gasteiger charge is -2.23. The molecule has 0 aromatic rings. The topological polar surface area (TPSA) is 78.4 Å². The van der Waals surface area contributed by atoms with Crippen LogP contribution in [0.2, 0.25) is 0 Å². The molecule has 0 aromatic carbocycles. The third kappa shape index (κ3) is 16.1. The van der Waals surface area contributed by atoms with Crippen LogP contribution in [0.5, 0.6) is 0 Å². The van der Waals surface area contributed by atoms with E-state index < -0.39 is 0 Å². The number of hydrogen-bond donors (Lipinski definition) is 2. The van der Waals surface area contributed by atoms with Gasteiger partial charge in [0.25, 0.3) is 0 Å². The van der Waals surface area contributed by atoms with Gasteiger partial charge in [0, 0.05) is 20.1 Å². The number of guanidine groups is 1. The Morgan fingerprint density at radius 3 is 2.47 bits per heavy atom. The number of hydrogen-bond acceptors (Lipinski definition) is 8. The first kappa shape index (κ1) is 30.4. The fourth-order valence-corrected chi connectivity index (χ4v) is 3.56. The van der Waals surface area contributed by atoms with Crippen LogP contribution in [0.4, 0.5) is 0 Å². The highest BCUT2D eigenvalue weighted by atomic mass is 32.2. The van der Waals surface area contributed by atoms with E-state index in [-0.39, 0.29) is 0 Å². The summed E-state index contributed by atoms with van der Waals surface area (Å²) in [5.41, 5.74) is 5.19. The quantitative estimate of drug-likeness (QED) is 0.202. The van der Waals surface area contributed by atoms with Crippen LogP contribution < -0.4 is 11.1 Å². The molecule has 9 heteroatoms. The molecule has 1 fully saturated rings. The van der Waals surface area contributed by atoms with Gasteiger partial charge in [0.2, 0.25) is 5.96 Å². The molecule has 3 N–H and O–H groups in total. The molecule has 1 saturated heterocycles. The number of nitrogens with zero attached hydrogens (tertiary/aromatic N) is 4. The highest BCUT2D eigenvalue weighted by molar-refractivity contribution is 8.16. The van der Waals surface area contributed by atoms with Gasteiger partial charge in [-0.3, -0.25) is 4.99 Å². The zero-order valence-electron chi connectivity index (χ0n) is 20.2. The number of nitrogens with one attached hydrogen (secondary N) is 1. The Morgan fingerprint density at radius 2 is 1.94 bits per heavy atom. The molecule has 6 nitrogen and oxygen atoms in total. The van der Waals surface area contributed by atoms with E-state index in [4.69, 9.17) is 5.73 Å². The summed E-state index contributed by atoms with van der Waals surface area (Å²) < 4.78 is 0. The van der Waals surface area contributed by atoms with Crippen LogP contribution in [-0.2, 0) is 0 Å². The summed E-state index contributed by atoms with van der Waals surface area (Å²) in [7, 11) is 1.67. The van der Waals surface area contributed by atoms with E-state index in [9.17, 15) is 0 Å². The minimum Gasteiger partial charge on any atom is -0.379 e. The summed E-state index contributed by atoms with van der Waals surface area (Å²) in [6.07, 6.45) is 14.7. The van der Waals surface area contributed by atoms with Crippen LogP contribution in [0.25, 0.3) is 0 Å². The molecule has 2 rings (SSSR count). The van der Waals surface area contributed by atoms with Gasteiger partial charge in [-0.2, -0.15) is 0 Å². The lowest BCUT2D eigenvalue weighted by molar-refractivity contribution is 0.502. The van der Waals surface area contributed by atoms with E-state index >= 15 is 0 Å². The molecule has 2 heterocycles. The van der Waals surface area contributed by atoms with Gasteiger partial charge in [-0.1, -0.05) is 47.8 Å². The molecular weight excluding hydrogens is 456 g/mol. The molecule has 0 aliphatic carbocycles. The van der Waals surface area contributed by atoms with Crippen molar-refractivity contribution in [1.29, 1.82) is 0 Å². The Labute approximate surface area is 208 Å². The third-order valence-electron chi connectivity index (χ3n) is 4.10. The van der Waals surface area contributed by atoms with E-state index in [0.717, 1.165) is 37.1 Å². The SMILES string of the molecule is C/C=C\S/C(C)=C\C.C=CCC/C=C/SC1=NCN=C(N2CCCC2)N1.CN=C(N)SC. The van der Waals surface area contributed by atoms with E-state index in [1.54, 1.807) is 30.6 Å².